The summed E-state index contributed by atoms with van der Waals surface area (Å²) < 4.78 is 5.20. The van der Waals surface area contributed by atoms with E-state index in [0.717, 1.165) is 16.7 Å². The van der Waals surface area contributed by atoms with E-state index in [-0.39, 0.29) is 0 Å². The molecule has 3 rings (SSSR count). The number of pyridine rings is 1. The summed E-state index contributed by atoms with van der Waals surface area (Å²) in [6.07, 6.45) is -1.00. The van der Waals surface area contributed by atoms with Crippen molar-refractivity contribution in [3.63, 3.8) is 0 Å². The second kappa shape index (κ2) is 6.96. The highest BCUT2D eigenvalue weighted by Crippen LogP contribution is 2.28. The number of primary amides is 1. The van der Waals surface area contributed by atoms with E-state index in [4.69, 9.17) is 15.5 Å². The van der Waals surface area contributed by atoms with Gasteiger partial charge in [0.2, 0.25) is 0 Å². The van der Waals surface area contributed by atoms with E-state index in [2.05, 4.69) is 6.07 Å². The SMILES string of the molecule is Cc1ccc(-c2cc(C(=O)O[C@@H](C)C(N)=O)c3ccccc3n2)c(C)c1. The average Bonchev–Trinajstić information content (AvgIpc) is 2.60. The van der Waals surface area contributed by atoms with Crippen molar-refractivity contribution >= 4 is 22.8 Å². The lowest BCUT2D eigenvalue weighted by Crippen LogP contribution is -2.30. The molecule has 132 valence electrons. The van der Waals surface area contributed by atoms with Gasteiger partial charge in [-0.1, -0.05) is 42.0 Å². The molecule has 0 saturated heterocycles. The number of esters is 1. The lowest BCUT2D eigenvalue weighted by atomic mass is 9.99. The van der Waals surface area contributed by atoms with E-state index in [1.54, 1.807) is 12.1 Å². The molecule has 5 nitrogen and oxygen atoms in total. The minimum Gasteiger partial charge on any atom is -0.449 e. The summed E-state index contributed by atoms with van der Waals surface area (Å²) in [5.41, 5.74) is 10.1. The smallest absolute Gasteiger partial charge is 0.339 e. The Hall–Kier alpha value is -3.21. The van der Waals surface area contributed by atoms with Crippen LogP contribution in [0.3, 0.4) is 0 Å². The van der Waals surface area contributed by atoms with Gasteiger partial charge in [0.25, 0.3) is 5.91 Å². The van der Waals surface area contributed by atoms with Crippen LogP contribution >= 0.6 is 0 Å². The molecule has 26 heavy (non-hydrogen) atoms. The van der Waals surface area contributed by atoms with Gasteiger partial charge in [-0.15, -0.1) is 0 Å². The molecule has 0 aliphatic heterocycles. The third-order valence-corrected chi connectivity index (χ3v) is 4.28. The van der Waals surface area contributed by atoms with Crippen molar-refractivity contribution in [3.05, 3.63) is 65.2 Å². The third kappa shape index (κ3) is 3.42. The van der Waals surface area contributed by atoms with E-state index in [1.807, 2.05) is 44.2 Å². The van der Waals surface area contributed by atoms with Crippen molar-refractivity contribution in [1.82, 2.24) is 4.98 Å². The number of hydrogen-bond acceptors (Lipinski definition) is 4. The molecular formula is C21H20N2O3. The Morgan fingerprint density at radius 3 is 2.50 bits per heavy atom. The van der Waals surface area contributed by atoms with Gasteiger partial charge in [-0.05, 0) is 38.5 Å². The maximum Gasteiger partial charge on any atom is 0.339 e. The first-order valence-corrected chi connectivity index (χ1v) is 8.34. The maximum absolute atomic E-state index is 12.6. The number of aromatic nitrogens is 1. The van der Waals surface area contributed by atoms with Crippen LogP contribution in [0.25, 0.3) is 22.2 Å². The molecule has 2 aromatic carbocycles. The molecule has 2 N–H and O–H groups in total. The predicted octanol–water partition coefficient (Wildman–Crippen LogP) is 3.55. The minimum absolute atomic E-state index is 0.360. The van der Waals surface area contributed by atoms with Gasteiger partial charge in [0, 0.05) is 10.9 Å². The highest BCUT2D eigenvalue weighted by atomic mass is 16.5. The van der Waals surface area contributed by atoms with Crippen LogP contribution in [-0.2, 0) is 9.53 Å². The van der Waals surface area contributed by atoms with Crippen LogP contribution in [-0.4, -0.2) is 23.0 Å². The van der Waals surface area contributed by atoms with Gasteiger partial charge >= 0.3 is 5.97 Å². The van der Waals surface area contributed by atoms with Gasteiger partial charge in [0.1, 0.15) is 0 Å². The number of aryl methyl sites for hydroxylation is 2. The monoisotopic (exact) mass is 348 g/mol. The molecule has 0 radical (unpaired) electrons. The molecule has 5 heteroatoms. The van der Waals surface area contributed by atoms with Gasteiger partial charge in [0.15, 0.2) is 6.10 Å². The van der Waals surface area contributed by atoms with Crippen molar-refractivity contribution in [2.75, 3.05) is 0 Å². The average molecular weight is 348 g/mol. The number of para-hydroxylation sites is 1. The number of hydrogen-bond donors (Lipinski definition) is 1. The summed E-state index contributed by atoms with van der Waals surface area (Å²) in [5, 5.41) is 0.669. The molecule has 0 fully saturated rings. The van der Waals surface area contributed by atoms with Gasteiger partial charge in [-0.25, -0.2) is 9.78 Å². The van der Waals surface area contributed by atoms with Crippen molar-refractivity contribution in [2.24, 2.45) is 5.73 Å². The molecule has 0 aliphatic carbocycles. The molecule has 0 aliphatic rings. The number of ether oxygens (including phenoxy) is 1. The molecule has 0 unspecified atom stereocenters. The minimum atomic E-state index is -1.00. The lowest BCUT2D eigenvalue weighted by molar-refractivity contribution is -0.125. The Bertz CT molecular complexity index is 1010. The zero-order valence-electron chi connectivity index (χ0n) is 14.9. The fourth-order valence-electron chi connectivity index (χ4n) is 2.87. The Labute approximate surface area is 151 Å². The molecule has 1 heterocycles. The van der Waals surface area contributed by atoms with Crippen LogP contribution in [0.2, 0.25) is 0 Å². The lowest BCUT2D eigenvalue weighted by Gasteiger charge is -2.13. The van der Waals surface area contributed by atoms with Gasteiger partial charge < -0.3 is 10.5 Å². The summed E-state index contributed by atoms with van der Waals surface area (Å²) in [7, 11) is 0. The van der Waals surface area contributed by atoms with E-state index < -0.39 is 18.0 Å². The highest BCUT2D eigenvalue weighted by molar-refractivity contribution is 6.05. The number of nitrogens with zero attached hydrogens (tertiary/aromatic N) is 1. The number of benzene rings is 2. The first-order valence-electron chi connectivity index (χ1n) is 8.34. The van der Waals surface area contributed by atoms with Crippen LogP contribution < -0.4 is 5.73 Å². The molecule has 1 atom stereocenters. The summed E-state index contributed by atoms with van der Waals surface area (Å²) in [6.45, 7) is 5.49. The van der Waals surface area contributed by atoms with Crippen LogP contribution in [0.1, 0.15) is 28.4 Å². The largest absolute Gasteiger partial charge is 0.449 e. The molecule has 0 bridgehead atoms. The van der Waals surface area contributed by atoms with E-state index in [0.29, 0.717) is 22.2 Å². The Morgan fingerprint density at radius 2 is 1.81 bits per heavy atom. The summed E-state index contributed by atoms with van der Waals surface area (Å²) in [6, 6.07) is 15.1. The first kappa shape index (κ1) is 17.6. The Morgan fingerprint density at radius 1 is 1.08 bits per heavy atom. The normalized spacial score (nSPS) is 12.0. The number of carbonyl (C=O) groups excluding carboxylic acids is 2. The maximum atomic E-state index is 12.6. The van der Waals surface area contributed by atoms with Crippen molar-refractivity contribution < 1.29 is 14.3 Å². The van der Waals surface area contributed by atoms with Gasteiger partial charge in [-0.3, -0.25) is 4.79 Å². The molecule has 1 amide bonds. The second-order valence-corrected chi connectivity index (χ2v) is 6.34. The third-order valence-electron chi connectivity index (χ3n) is 4.28. The van der Waals surface area contributed by atoms with E-state index in [9.17, 15) is 9.59 Å². The zero-order chi connectivity index (χ0) is 18.8. The molecule has 1 aromatic heterocycles. The van der Waals surface area contributed by atoms with E-state index >= 15 is 0 Å². The zero-order valence-corrected chi connectivity index (χ0v) is 14.9. The Kier molecular flexibility index (Phi) is 4.71. The number of fused-ring (bicyclic) bond motifs is 1. The molecular weight excluding hydrogens is 328 g/mol. The Balaban J connectivity index is 2.15. The van der Waals surface area contributed by atoms with Crippen LogP contribution in [0.4, 0.5) is 0 Å². The molecule has 0 saturated carbocycles. The molecule has 0 spiro atoms. The predicted molar refractivity (Wildman–Crippen MR) is 101 cm³/mol. The van der Waals surface area contributed by atoms with Crippen LogP contribution in [0.5, 0.6) is 0 Å². The fourth-order valence-corrected chi connectivity index (χ4v) is 2.87. The van der Waals surface area contributed by atoms with Gasteiger partial charge in [-0.2, -0.15) is 0 Å². The number of rotatable bonds is 4. The number of carbonyl (C=O) groups is 2. The quantitative estimate of drug-likeness (QED) is 0.731. The first-order chi connectivity index (χ1) is 12.4. The van der Waals surface area contributed by atoms with Crippen molar-refractivity contribution in [3.8, 4) is 11.3 Å². The van der Waals surface area contributed by atoms with Gasteiger partial charge in [0.05, 0.1) is 16.8 Å². The van der Waals surface area contributed by atoms with Crippen LogP contribution in [0.15, 0.2) is 48.5 Å². The fraction of sp³-hybridized carbons (Fsp3) is 0.190. The topological polar surface area (TPSA) is 82.3 Å². The molecule has 3 aromatic rings. The number of amides is 1. The summed E-state index contributed by atoms with van der Waals surface area (Å²) >= 11 is 0. The van der Waals surface area contributed by atoms with Crippen LogP contribution in [0, 0.1) is 13.8 Å². The van der Waals surface area contributed by atoms with Crippen molar-refractivity contribution in [1.29, 1.82) is 0 Å². The summed E-state index contributed by atoms with van der Waals surface area (Å²) in [5.74, 6) is -1.28. The van der Waals surface area contributed by atoms with E-state index in [1.165, 1.54) is 6.92 Å². The van der Waals surface area contributed by atoms with Crippen molar-refractivity contribution in [2.45, 2.75) is 26.9 Å². The summed E-state index contributed by atoms with van der Waals surface area (Å²) in [4.78, 5) is 28.6. The highest BCUT2D eigenvalue weighted by Gasteiger charge is 2.20. The second-order valence-electron chi connectivity index (χ2n) is 6.34. The number of nitrogens with two attached hydrogens (primary N) is 1. The standard InChI is InChI=1S/C21H20N2O3/c1-12-8-9-15(13(2)10-12)19-11-17(21(25)26-14(3)20(22)24)16-6-4-5-7-18(16)23-19/h4-11,14H,1-3H3,(H2,22,24)/t14-/m0/s1.